The van der Waals surface area contributed by atoms with Gasteiger partial charge in [0.25, 0.3) is 0 Å². The standard InChI is InChI=1S/C14H21ClN2/c1-14(2,3)13-11(9-12(15)10-16-13)5-8-17-6-4-7-17/h9-10H,4-8H2,1-3H3. The minimum absolute atomic E-state index is 0.0921. The van der Waals surface area contributed by atoms with Crippen molar-refractivity contribution in [2.24, 2.45) is 0 Å². The summed E-state index contributed by atoms with van der Waals surface area (Å²) in [5, 5.41) is 0.747. The van der Waals surface area contributed by atoms with Gasteiger partial charge in [0.1, 0.15) is 0 Å². The second-order valence-electron chi connectivity index (χ2n) is 5.86. The molecular weight excluding hydrogens is 232 g/mol. The molecule has 0 bridgehead atoms. The van der Waals surface area contributed by atoms with Crippen LogP contribution in [0.4, 0.5) is 0 Å². The van der Waals surface area contributed by atoms with Crippen molar-refractivity contribution in [3.05, 3.63) is 28.5 Å². The van der Waals surface area contributed by atoms with Crippen molar-refractivity contribution >= 4 is 11.6 Å². The molecule has 0 amide bonds. The zero-order valence-corrected chi connectivity index (χ0v) is 11.7. The summed E-state index contributed by atoms with van der Waals surface area (Å²) >= 11 is 6.05. The second kappa shape index (κ2) is 4.95. The van der Waals surface area contributed by atoms with Gasteiger partial charge in [0, 0.05) is 23.9 Å². The molecule has 1 fully saturated rings. The summed E-state index contributed by atoms with van der Waals surface area (Å²) in [4.78, 5) is 7.00. The molecule has 0 spiro atoms. The van der Waals surface area contributed by atoms with Crippen molar-refractivity contribution in [3.63, 3.8) is 0 Å². The maximum absolute atomic E-state index is 6.05. The van der Waals surface area contributed by atoms with Crippen molar-refractivity contribution < 1.29 is 0 Å². The van der Waals surface area contributed by atoms with Crippen molar-refractivity contribution in [2.75, 3.05) is 19.6 Å². The van der Waals surface area contributed by atoms with Crippen LogP contribution in [0.5, 0.6) is 0 Å². The third kappa shape index (κ3) is 3.20. The first-order chi connectivity index (χ1) is 7.97. The summed E-state index contributed by atoms with van der Waals surface area (Å²) in [6.45, 7) is 10.2. The Bertz CT molecular complexity index is 392. The molecule has 0 aromatic carbocycles. The number of hydrogen-bond acceptors (Lipinski definition) is 2. The molecule has 3 heteroatoms. The van der Waals surface area contributed by atoms with Crippen LogP contribution in [0.3, 0.4) is 0 Å². The second-order valence-corrected chi connectivity index (χ2v) is 6.29. The topological polar surface area (TPSA) is 16.1 Å². The quantitative estimate of drug-likeness (QED) is 0.821. The monoisotopic (exact) mass is 252 g/mol. The van der Waals surface area contributed by atoms with Crippen molar-refractivity contribution in [2.45, 2.75) is 39.0 Å². The Hall–Kier alpha value is -0.600. The molecule has 1 aliphatic heterocycles. The molecule has 2 nitrogen and oxygen atoms in total. The number of pyridine rings is 1. The lowest BCUT2D eigenvalue weighted by Gasteiger charge is -2.31. The Morgan fingerprint density at radius 2 is 2.06 bits per heavy atom. The first-order valence-corrected chi connectivity index (χ1v) is 6.72. The van der Waals surface area contributed by atoms with Gasteiger partial charge in [-0.1, -0.05) is 32.4 Å². The van der Waals surface area contributed by atoms with E-state index >= 15 is 0 Å². The molecule has 0 N–H and O–H groups in total. The molecule has 0 atom stereocenters. The van der Waals surface area contributed by atoms with Gasteiger partial charge in [-0.2, -0.15) is 0 Å². The minimum Gasteiger partial charge on any atom is -0.303 e. The lowest BCUT2D eigenvalue weighted by molar-refractivity contribution is 0.183. The molecule has 1 saturated heterocycles. The lowest BCUT2D eigenvalue weighted by Crippen LogP contribution is -2.38. The summed E-state index contributed by atoms with van der Waals surface area (Å²) < 4.78 is 0. The Morgan fingerprint density at radius 1 is 1.35 bits per heavy atom. The average molecular weight is 253 g/mol. The number of nitrogens with zero attached hydrogens (tertiary/aromatic N) is 2. The fourth-order valence-corrected chi connectivity index (χ4v) is 2.41. The summed E-state index contributed by atoms with van der Waals surface area (Å²) in [5.41, 5.74) is 2.58. The average Bonchev–Trinajstić information content (AvgIpc) is 2.13. The zero-order valence-electron chi connectivity index (χ0n) is 11.0. The highest BCUT2D eigenvalue weighted by Gasteiger charge is 2.21. The van der Waals surface area contributed by atoms with Crippen LogP contribution in [0.25, 0.3) is 0 Å². The maximum Gasteiger partial charge on any atom is 0.0592 e. The number of aromatic nitrogens is 1. The van der Waals surface area contributed by atoms with Gasteiger partial charge in [-0.3, -0.25) is 4.98 Å². The van der Waals surface area contributed by atoms with Crippen LogP contribution in [-0.4, -0.2) is 29.5 Å². The number of hydrogen-bond donors (Lipinski definition) is 0. The van der Waals surface area contributed by atoms with Crippen LogP contribution >= 0.6 is 11.6 Å². The molecule has 2 heterocycles. The summed E-state index contributed by atoms with van der Waals surface area (Å²) in [6, 6.07) is 2.08. The van der Waals surface area contributed by atoms with E-state index in [2.05, 4.69) is 36.7 Å². The van der Waals surface area contributed by atoms with Gasteiger partial charge in [-0.15, -0.1) is 0 Å². The minimum atomic E-state index is 0.0921. The van der Waals surface area contributed by atoms with Gasteiger partial charge in [0.05, 0.1) is 5.02 Å². The Morgan fingerprint density at radius 3 is 2.59 bits per heavy atom. The van der Waals surface area contributed by atoms with E-state index in [1.54, 1.807) is 6.20 Å². The smallest absolute Gasteiger partial charge is 0.0592 e. The zero-order chi connectivity index (χ0) is 12.5. The molecule has 1 aromatic heterocycles. The van der Waals surface area contributed by atoms with E-state index in [-0.39, 0.29) is 5.41 Å². The van der Waals surface area contributed by atoms with Crippen molar-refractivity contribution in [1.82, 2.24) is 9.88 Å². The van der Waals surface area contributed by atoms with E-state index < -0.39 is 0 Å². The van der Waals surface area contributed by atoms with Gasteiger partial charge in [0.15, 0.2) is 0 Å². The van der Waals surface area contributed by atoms with Crippen molar-refractivity contribution in [3.8, 4) is 0 Å². The van der Waals surface area contributed by atoms with Crippen LogP contribution < -0.4 is 0 Å². The predicted molar refractivity (Wildman–Crippen MR) is 72.7 cm³/mol. The van der Waals surface area contributed by atoms with Crippen LogP contribution in [0.2, 0.25) is 5.02 Å². The maximum atomic E-state index is 6.05. The molecule has 0 radical (unpaired) electrons. The van der Waals surface area contributed by atoms with E-state index in [1.165, 1.54) is 30.8 Å². The van der Waals surface area contributed by atoms with Crippen LogP contribution in [0.1, 0.15) is 38.4 Å². The van der Waals surface area contributed by atoms with Gasteiger partial charge in [0.2, 0.25) is 0 Å². The molecule has 0 aliphatic carbocycles. The molecule has 2 rings (SSSR count). The molecule has 94 valence electrons. The largest absolute Gasteiger partial charge is 0.303 e. The molecule has 1 aliphatic rings. The Labute approximate surface area is 109 Å². The summed E-state index contributed by atoms with van der Waals surface area (Å²) in [6.07, 6.45) is 4.16. The highest BCUT2D eigenvalue weighted by molar-refractivity contribution is 6.30. The van der Waals surface area contributed by atoms with E-state index in [1.807, 2.05) is 0 Å². The summed E-state index contributed by atoms with van der Waals surface area (Å²) in [5.74, 6) is 0. The number of halogens is 1. The summed E-state index contributed by atoms with van der Waals surface area (Å²) in [7, 11) is 0. The van der Waals surface area contributed by atoms with Gasteiger partial charge < -0.3 is 4.90 Å². The normalized spacial score (nSPS) is 16.9. The van der Waals surface area contributed by atoms with E-state index in [9.17, 15) is 0 Å². The van der Waals surface area contributed by atoms with Gasteiger partial charge in [-0.05, 0) is 37.6 Å². The highest BCUT2D eigenvalue weighted by Crippen LogP contribution is 2.26. The van der Waals surface area contributed by atoms with E-state index in [4.69, 9.17) is 11.6 Å². The molecule has 0 saturated carbocycles. The highest BCUT2D eigenvalue weighted by atomic mass is 35.5. The first-order valence-electron chi connectivity index (χ1n) is 6.34. The fraction of sp³-hybridized carbons (Fsp3) is 0.643. The Kier molecular flexibility index (Phi) is 3.74. The van der Waals surface area contributed by atoms with E-state index in [0.29, 0.717) is 0 Å². The third-order valence-corrected chi connectivity index (χ3v) is 3.50. The number of rotatable bonds is 3. The van der Waals surface area contributed by atoms with Gasteiger partial charge in [-0.25, -0.2) is 0 Å². The SMILES string of the molecule is CC(C)(C)c1ncc(Cl)cc1CCN1CCC1. The van der Waals surface area contributed by atoms with E-state index in [0.717, 1.165) is 18.0 Å². The van der Waals surface area contributed by atoms with Gasteiger partial charge >= 0.3 is 0 Å². The first kappa shape index (κ1) is 12.8. The third-order valence-electron chi connectivity index (χ3n) is 3.29. The lowest BCUT2D eigenvalue weighted by atomic mass is 9.87. The molecule has 17 heavy (non-hydrogen) atoms. The van der Waals surface area contributed by atoms with Crippen LogP contribution in [0, 0.1) is 0 Å². The van der Waals surface area contributed by atoms with Crippen LogP contribution in [0.15, 0.2) is 12.3 Å². The predicted octanol–water partition coefficient (Wildman–Crippen LogP) is 3.28. The van der Waals surface area contributed by atoms with Crippen molar-refractivity contribution in [1.29, 1.82) is 0 Å². The Balaban J connectivity index is 2.14. The molecular formula is C14H21ClN2. The number of likely N-dealkylation sites (tertiary alicyclic amines) is 1. The molecule has 0 unspecified atom stereocenters. The molecule has 1 aromatic rings. The van der Waals surface area contributed by atoms with Crippen LogP contribution in [-0.2, 0) is 11.8 Å². The fourth-order valence-electron chi connectivity index (χ4n) is 2.23.